The molecule has 2 aliphatic rings. The first-order chi connectivity index (χ1) is 4.79. The van der Waals surface area contributed by atoms with E-state index < -0.39 is 0 Å². The van der Waals surface area contributed by atoms with Crippen LogP contribution in [0.25, 0.3) is 0 Å². The Morgan fingerprint density at radius 2 is 2.20 bits per heavy atom. The van der Waals surface area contributed by atoms with E-state index in [2.05, 4.69) is 0 Å². The lowest BCUT2D eigenvalue weighted by Gasteiger charge is -1.97. The maximum absolute atomic E-state index is 11.0. The molecule has 52 valence electrons. The van der Waals surface area contributed by atoms with Gasteiger partial charge in [-0.05, 0) is 6.42 Å². The molecule has 2 aliphatic carbocycles. The molecule has 2 nitrogen and oxygen atoms in total. The molecule has 0 aromatic heterocycles. The van der Waals surface area contributed by atoms with Gasteiger partial charge >= 0.3 is 0 Å². The predicted molar refractivity (Wildman–Crippen MR) is 35.4 cm³/mol. The summed E-state index contributed by atoms with van der Waals surface area (Å²) in [7, 11) is 0. The van der Waals surface area contributed by atoms with Gasteiger partial charge in [0.15, 0.2) is 5.78 Å². The van der Waals surface area contributed by atoms with Crippen molar-refractivity contribution >= 4 is 11.6 Å². The van der Waals surface area contributed by atoms with Crippen LogP contribution in [0.2, 0.25) is 0 Å². The summed E-state index contributed by atoms with van der Waals surface area (Å²) in [4.78, 5) is 22.0. The molecule has 2 heteroatoms. The third-order valence-electron chi connectivity index (χ3n) is 2.27. The first-order valence-electron chi connectivity index (χ1n) is 3.55. The van der Waals surface area contributed by atoms with Crippen molar-refractivity contribution in [3.8, 4) is 0 Å². The van der Waals surface area contributed by atoms with Crippen molar-refractivity contribution < 1.29 is 9.59 Å². The topological polar surface area (TPSA) is 34.1 Å². The highest BCUT2D eigenvalue weighted by molar-refractivity contribution is 6.08. The molecule has 0 aromatic carbocycles. The zero-order valence-electron chi connectivity index (χ0n) is 5.59. The number of allylic oxidation sites excluding steroid dienone is 2. The molecule has 0 saturated heterocycles. The molecule has 0 N–H and O–H groups in total. The number of fused-ring (bicyclic) bond motifs is 1. The van der Waals surface area contributed by atoms with Gasteiger partial charge in [-0.3, -0.25) is 9.59 Å². The molecule has 0 radical (unpaired) electrons. The summed E-state index contributed by atoms with van der Waals surface area (Å²) in [5.74, 6) is 0.421. The van der Waals surface area contributed by atoms with Crippen LogP contribution in [0.4, 0.5) is 0 Å². The maximum atomic E-state index is 11.0. The van der Waals surface area contributed by atoms with Crippen molar-refractivity contribution in [3.05, 3.63) is 11.6 Å². The minimum atomic E-state index is -0.00694. The molecule has 1 fully saturated rings. The molecular weight excluding hydrogens is 128 g/mol. The summed E-state index contributed by atoms with van der Waals surface area (Å²) < 4.78 is 0. The fourth-order valence-electron chi connectivity index (χ4n) is 1.71. The van der Waals surface area contributed by atoms with Crippen LogP contribution in [0.1, 0.15) is 19.3 Å². The first kappa shape index (κ1) is 5.83. The molecule has 0 amide bonds. The van der Waals surface area contributed by atoms with Gasteiger partial charge in [0.1, 0.15) is 5.78 Å². The monoisotopic (exact) mass is 136 g/mol. The molecule has 1 saturated carbocycles. The number of hydrogen-bond acceptors (Lipinski definition) is 2. The molecule has 0 aromatic rings. The third kappa shape index (κ3) is 0.589. The van der Waals surface area contributed by atoms with Gasteiger partial charge in [-0.2, -0.15) is 0 Å². The van der Waals surface area contributed by atoms with Crippen molar-refractivity contribution in [2.75, 3.05) is 0 Å². The van der Waals surface area contributed by atoms with Crippen LogP contribution in [0.15, 0.2) is 11.6 Å². The molecule has 1 atom stereocenters. The van der Waals surface area contributed by atoms with E-state index in [9.17, 15) is 9.59 Å². The fraction of sp³-hybridized carbons (Fsp3) is 0.500. The highest BCUT2D eigenvalue weighted by atomic mass is 16.1. The minimum Gasteiger partial charge on any atom is -0.299 e. The van der Waals surface area contributed by atoms with Crippen LogP contribution >= 0.6 is 0 Å². The Morgan fingerprint density at radius 1 is 1.40 bits per heavy atom. The highest BCUT2D eigenvalue weighted by Crippen LogP contribution is 2.34. The summed E-state index contributed by atoms with van der Waals surface area (Å²) in [6.45, 7) is 0. The summed E-state index contributed by atoms with van der Waals surface area (Å²) in [6, 6.07) is 0. The number of ketones is 2. The zero-order chi connectivity index (χ0) is 7.14. The van der Waals surface area contributed by atoms with Gasteiger partial charge in [0.25, 0.3) is 0 Å². The molecule has 1 unspecified atom stereocenters. The standard InChI is InChI=1S/C8H8O2/c9-7-3-1-5-6(7)2-4-8(5)10/h1,6H,2-4H2. The van der Waals surface area contributed by atoms with Gasteiger partial charge in [0.05, 0.1) is 0 Å². The molecule has 0 heterocycles. The van der Waals surface area contributed by atoms with Crippen molar-refractivity contribution in [3.63, 3.8) is 0 Å². The van der Waals surface area contributed by atoms with Crippen molar-refractivity contribution in [2.24, 2.45) is 5.92 Å². The van der Waals surface area contributed by atoms with E-state index in [1.54, 1.807) is 6.08 Å². The van der Waals surface area contributed by atoms with Crippen LogP contribution in [-0.2, 0) is 9.59 Å². The van der Waals surface area contributed by atoms with Gasteiger partial charge in [0, 0.05) is 24.3 Å². The second kappa shape index (κ2) is 1.78. The van der Waals surface area contributed by atoms with Crippen LogP contribution in [-0.4, -0.2) is 11.6 Å². The minimum absolute atomic E-state index is 0.00694. The molecule has 10 heavy (non-hydrogen) atoms. The normalized spacial score (nSPS) is 30.8. The quantitative estimate of drug-likeness (QED) is 0.495. The van der Waals surface area contributed by atoms with E-state index >= 15 is 0 Å². The molecule has 0 spiro atoms. The second-order valence-electron chi connectivity index (χ2n) is 2.84. The van der Waals surface area contributed by atoms with Gasteiger partial charge in [-0.15, -0.1) is 0 Å². The largest absolute Gasteiger partial charge is 0.299 e. The van der Waals surface area contributed by atoms with Crippen molar-refractivity contribution in [1.82, 2.24) is 0 Å². The Hall–Kier alpha value is -0.920. The van der Waals surface area contributed by atoms with E-state index in [0.29, 0.717) is 12.8 Å². The van der Waals surface area contributed by atoms with E-state index in [4.69, 9.17) is 0 Å². The van der Waals surface area contributed by atoms with Gasteiger partial charge in [-0.1, -0.05) is 6.08 Å². The Kier molecular flexibility index (Phi) is 1.04. The van der Waals surface area contributed by atoms with Crippen LogP contribution < -0.4 is 0 Å². The van der Waals surface area contributed by atoms with Crippen molar-refractivity contribution in [2.45, 2.75) is 19.3 Å². The molecular formula is C8H8O2. The Morgan fingerprint density at radius 3 is 2.90 bits per heavy atom. The van der Waals surface area contributed by atoms with Gasteiger partial charge in [-0.25, -0.2) is 0 Å². The second-order valence-corrected chi connectivity index (χ2v) is 2.84. The van der Waals surface area contributed by atoms with Gasteiger partial charge < -0.3 is 0 Å². The van der Waals surface area contributed by atoms with Gasteiger partial charge in [0.2, 0.25) is 0 Å². The summed E-state index contributed by atoms with van der Waals surface area (Å²) >= 11 is 0. The average molecular weight is 136 g/mol. The van der Waals surface area contributed by atoms with Crippen LogP contribution in [0.5, 0.6) is 0 Å². The Labute approximate surface area is 58.9 Å². The van der Waals surface area contributed by atoms with E-state index in [1.165, 1.54) is 0 Å². The molecule has 2 rings (SSSR count). The smallest absolute Gasteiger partial charge is 0.159 e. The average Bonchev–Trinajstić information content (AvgIpc) is 2.41. The number of rotatable bonds is 0. The van der Waals surface area contributed by atoms with Crippen LogP contribution in [0.3, 0.4) is 0 Å². The highest BCUT2D eigenvalue weighted by Gasteiger charge is 2.36. The van der Waals surface area contributed by atoms with Crippen LogP contribution in [0, 0.1) is 5.92 Å². The maximum Gasteiger partial charge on any atom is 0.159 e. The third-order valence-corrected chi connectivity index (χ3v) is 2.27. The van der Waals surface area contributed by atoms with Crippen molar-refractivity contribution in [1.29, 1.82) is 0 Å². The summed E-state index contributed by atoms with van der Waals surface area (Å²) in [6.07, 6.45) is 3.64. The van der Waals surface area contributed by atoms with E-state index in [1.807, 2.05) is 0 Å². The molecule has 0 bridgehead atoms. The zero-order valence-corrected chi connectivity index (χ0v) is 5.59. The SMILES string of the molecule is O=C1CCC2C(=O)CC=C12. The number of hydrogen-bond donors (Lipinski definition) is 0. The first-order valence-corrected chi connectivity index (χ1v) is 3.55. The van der Waals surface area contributed by atoms with E-state index in [0.717, 1.165) is 12.0 Å². The fourth-order valence-corrected chi connectivity index (χ4v) is 1.71. The lowest BCUT2D eigenvalue weighted by atomic mass is 10.0. The number of Topliss-reactive ketones (excluding diaryl/α,β-unsaturated/α-hetero) is 2. The number of carbonyl (C=O) groups excluding carboxylic acids is 2. The molecule has 0 aliphatic heterocycles. The lowest BCUT2D eigenvalue weighted by molar-refractivity contribution is -0.120. The summed E-state index contributed by atoms with van der Waals surface area (Å²) in [5.41, 5.74) is 0.796. The lowest BCUT2D eigenvalue weighted by Crippen LogP contribution is -2.05. The Balaban J connectivity index is 2.37. The summed E-state index contributed by atoms with van der Waals surface area (Å²) in [5, 5.41) is 0. The number of carbonyl (C=O) groups is 2. The van der Waals surface area contributed by atoms with E-state index in [-0.39, 0.29) is 17.5 Å². The predicted octanol–water partition coefficient (Wildman–Crippen LogP) is 0.865. The Bertz CT molecular complexity index is 238.